The molecule has 11 heteroatoms. The minimum atomic E-state index is -4.04. The highest BCUT2D eigenvalue weighted by Crippen LogP contribution is 2.28. The van der Waals surface area contributed by atoms with Gasteiger partial charge in [-0.05, 0) is 19.3 Å². The molecule has 0 amide bonds. The molecular weight excluding hydrogens is 400 g/mol. The maximum absolute atomic E-state index is 10.7. The van der Waals surface area contributed by atoms with Crippen molar-refractivity contribution >= 4 is 20.2 Å². The van der Waals surface area contributed by atoms with Crippen LogP contribution in [-0.4, -0.2) is 57.3 Å². The Morgan fingerprint density at radius 2 is 1.04 bits per heavy atom. The van der Waals surface area contributed by atoms with Gasteiger partial charge in [-0.2, -0.15) is 16.8 Å². The molecule has 0 aliphatic heterocycles. The first-order chi connectivity index (χ1) is 12.6. The molecule has 0 saturated carbocycles. The Hall–Kier alpha value is -1.56. The smallest absolute Gasteiger partial charge is 0.264 e. The molecule has 27 heavy (non-hydrogen) atoms. The maximum Gasteiger partial charge on any atom is 0.264 e. The molecule has 0 aliphatic rings. The monoisotopic (exact) mass is 426 g/mol. The summed E-state index contributed by atoms with van der Waals surface area (Å²) in [5, 5.41) is 0. The Bertz CT molecular complexity index is 715. The van der Waals surface area contributed by atoms with Gasteiger partial charge in [-0.1, -0.05) is 13.3 Å². The summed E-state index contributed by atoms with van der Waals surface area (Å²) >= 11 is 0. The van der Waals surface area contributed by atoms with Crippen LogP contribution < -0.4 is 14.2 Å². The quantitative estimate of drug-likeness (QED) is 0.339. The first kappa shape index (κ1) is 23.5. The van der Waals surface area contributed by atoms with Gasteiger partial charge in [0.15, 0.2) is 0 Å². The van der Waals surface area contributed by atoms with Crippen molar-refractivity contribution in [3.05, 3.63) is 18.2 Å². The average molecular weight is 427 g/mol. The molecule has 2 N–H and O–H groups in total. The Balaban J connectivity index is 2.68. The SMILES string of the molecule is CCCCOc1cc(OCCCS(=O)(=O)O)cc(OCCCS(=O)(=O)O)c1. The van der Waals surface area contributed by atoms with E-state index in [1.165, 1.54) is 0 Å². The standard InChI is InChI=1S/C16H26O9S2/c1-2-3-6-23-14-11-15(24-7-4-9-26(17,18)19)13-16(12-14)25-8-5-10-27(20,21)22/h11-13H,2-10H2,1H3,(H,17,18,19)(H,20,21,22). The van der Waals surface area contributed by atoms with Crippen LogP contribution in [0.5, 0.6) is 17.2 Å². The maximum atomic E-state index is 10.7. The van der Waals surface area contributed by atoms with Gasteiger partial charge in [0.05, 0.1) is 31.3 Å². The molecule has 9 nitrogen and oxygen atoms in total. The van der Waals surface area contributed by atoms with Crippen molar-refractivity contribution in [1.29, 1.82) is 0 Å². The third-order valence-corrected chi connectivity index (χ3v) is 4.86. The van der Waals surface area contributed by atoms with Crippen LogP contribution in [0.15, 0.2) is 18.2 Å². The van der Waals surface area contributed by atoms with Crippen molar-refractivity contribution < 1.29 is 40.2 Å². The number of rotatable bonds is 14. The van der Waals surface area contributed by atoms with Crippen molar-refractivity contribution in [2.45, 2.75) is 32.6 Å². The summed E-state index contributed by atoms with van der Waals surface area (Å²) in [6.45, 7) is 2.67. The fraction of sp³-hybridized carbons (Fsp3) is 0.625. The van der Waals surface area contributed by atoms with E-state index in [-0.39, 0.29) is 26.1 Å². The van der Waals surface area contributed by atoms with Crippen molar-refractivity contribution in [3.63, 3.8) is 0 Å². The largest absolute Gasteiger partial charge is 0.493 e. The van der Waals surface area contributed by atoms with Gasteiger partial charge in [0.25, 0.3) is 20.2 Å². The molecule has 0 bridgehead atoms. The van der Waals surface area contributed by atoms with E-state index in [1.54, 1.807) is 18.2 Å². The minimum Gasteiger partial charge on any atom is -0.493 e. The van der Waals surface area contributed by atoms with Crippen LogP contribution in [-0.2, 0) is 20.2 Å². The average Bonchev–Trinajstić information content (AvgIpc) is 2.54. The van der Waals surface area contributed by atoms with Gasteiger partial charge in [-0.25, -0.2) is 0 Å². The van der Waals surface area contributed by atoms with E-state index < -0.39 is 31.7 Å². The molecule has 0 spiro atoms. The molecule has 0 fully saturated rings. The van der Waals surface area contributed by atoms with E-state index in [1.807, 2.05) is 6.92 Å². The lowest BCUT2D eigenvalue weighted by Crippen LogP contribution is -2.09. The highest BCUT2D eigenvalue weighted by atomic mass is 32.2. The summed E-state index contributed by atoms with van der Waals surface area (Å²) in [6.07, 6.45) is 2.06. The van der Waals surface area contributed by atoms with E-state index in [2.05, 4.69) is 0 Å². The third-order valence-electron chi connectivity index (χ3n) is 3.25. The molecule has 0 aliphatic carbocycles. The molecule has 0 unspecified atom stereocenters. The molecule has 156 valence electrons. The summed E-state index contributed by atoms with van der Waals surface area (Å²) in [5.74, 6) is 0.478. The Labute approximate surface area is 160 Å². The van der Waals surface area contributed by atoms with Gasteiger partial charge in [0, 0.05) is 18.2 Å². The van der Waals surface area contributed by atoms with E-state index >= 15 is 0 Å². The van der Waals surface area contributed by atoms with Crippen LogP contribution in [0.4, 0.5) is 0 Å². The summed E-state index contributed by atoms with van der Waals surface area (Å²) in [6, 6.07) is 4.83. The van der Waals surface area contributed by atoms with Crippen LogP contribution in [0.1, 0.15) is 32.6 Å². The van der Waals surface area contributed by atoms with Crippen molar-refractivity contribution in [2.24, 2.45) is 0 Å². The number of hydrogen-bond acceptors (Lipinski definition) is 7. The van der Waals surface area contributed by atoms with Gasteiger partial charge >= 0.3 is 0 Å². The van der Waals surface area contributed by atoms with E-state index in [0.717, 1.165) is 12.8 Å². The van der Waals surface area contributed by atoms with Gasteiger partial charge in [-0.15, -0.1) is 0 Å². The molecule has 1 rings (SSSR count). The van der Waals surface area contributed by atoms with Crippen LogP contribution in [0.3, 0.4) is 0 Å². The van der Waals surface area contributed by atoms with Crippen molar-refractivity contribution in [2.75, 3.05) is 31.3 Å². The zero-order valence-corrected chi connectivity index (χ0v) is 16.8. The lowest BCUT2D eigenvalue weighted by Gasteiger charge is -2.13. The summed E-state index contributed by atoms with van der Waals surface area (Å²) in [5.41, 5.74) is 0. The fourth-order valence-corrected chi connectivity index (χ4v) is 2.96. The Morgan fingerprint density at radius 1 is 0.704 bits per heavy atom. The third kappa shape index (κ3) is 12.5. The van der Waals surface area contributed by atoms with Crippen LogP contribution in [0.25, 0.3) is 0 Å². The number of hydrogen-bond donors (Lipinski definition) is 2. The molecule has 0 atom stereocenters. The number of ether oxygens (including phenoxy) is 3. The van der Waals surface area contributed by atoms with Crippen LogP contribution in [0.2, 0.25) is 0 Å². The molecule has 0 aromatic heterocycles. The minimum absolute atomic E-state index is 0.0698. The van der Waals surface area contributed by atoms with Gasteiger partial charge < -0.3 is 14.2 Å². The molecule has 0 heterocycles. The van der Waals surface area contributed by atoms with Gasteiger partial charge in [0.1, 0.15) is 17.2 Å². The van der Waals surface area contributed by atoms with E-state index in [0.29, 0.717) is 23.9 Å². The molecular formula is C16H26O9S2. The number of benzene rings is 1. The lowest BCUT2D eigenvalue weighted by molar-refractivity contribution is 0.283. The fourth-order valence-electron chi connectivity index (χ4n) is 1.99. The van der Waals surface area contributed by atoms with Crippen molar-refractivity contribution in [1.82, 2.24) is 0 Å². The predicted molar refractivity (Wildman–Crippen MR) is 99.9 cm³/mol. The van der Waals surface area contributed by atoms with E-state index in [9.17, 15) is 16.8 Å². The zero-order valence-electron chi connectivity index (χ0n) is 15.2. The Kier molecular flexibility index (Phi) is 9.84. The second-order valence-electron chi connectivity index (χ2n) is 5.82. The normalized spacial score (nSPS) is 12.0. The van der Waals surface area contributed by atoms with Crippen LogP contribution >= 0.6 is 0 Å². The Morgan fingerprint density at radius 3 is 1.33 bits per heavy atom. The summed E-state index contributed by atoms with van der Waals surface area (Å²) in [4.78, 5) is 0. The first-order valence-electron chi connectivity index (χ1n) is 8.53. The van der Waals surface area contributed by atoms with Crippen molar-refractivity contribution in [3.8, 4) is 17.2 Å². The molecule has 0 saturated heterocycles. The lowest BCUT2D eigenvalue weighted by atomic mass is 10.3. The molecule has 1 aromatic rings. The summed E-state index contributed by atoms with van der Waals surface area (Å²) in [7, 11) is -8.07. The first-order valence-corrected chi connectivity index (χ1v) is 11.7. The van der Waals surface area contributed by atoms with Crippen LogP contribution in [0, 0.1) is 0 Å². The van der Waals surface area contributed by atoms with Gasteiger partial charge in [-0.3, -0.25) is 9.11 Å². The topological polar surface area (TPSA) is 136 Å². The highest BCUT2D eigenvalue weighted by Gasteiger charge is 2.08. The summed E-state index contributed by atoms with van der Waals surface area (Å²) < 4.78 is 76.9. The predicted octanol–water partition coefficient (Wildman–Crippen LogP) is 2.18. The zero-order chi connectivity index (χ0) is 20.3. The molecule has 0 radical (unpaired) electrons. The highest BCUT2D eigenvalue weighted by molar-refractivity contribution is 7.86. The number of unbranched alkanes of at least 4 members (excludes halogenated alkanes) is 1. The second-order valence-corrected chi connectivity index (χ2v) is 8.96. The second kappa shape index (κ2) is 11.3. The molecule has 1 aromatic carbocycles. The van der Waals surface area contributed by atoms with Gasteiger partial charge in [0.2, 0.25) is 0 Å². The van der Waals surface area contributed by atoms with E-state index in [4.69, 9.17) is 23.3 Å².